The van der Waals surface area contributed by atoms with E-state index < -0.39 is 11.3 Å². The maximum atomic E-state index is 14.3. The average molecular weight is 425 g/mol. The first-order chi connectivity index (χ1) is 14.8. The molecule has 0 saturated carbocycles. The Morgan fingerprint density at radius 3 is 2.77 bits per heavy atom. The van der Waals surface area contributed by atoms with Crippen LogP contribution < -0.4 is 15.4 Å². The second-order valence-electron chi connectivity index (χ2n) is 7.59. The highest BCUT2D eigenvalue weighted by Crippen LogP contribution is 2.35. The van der Waals surface area contributed by atoms with Gasteiger partial charge in [-0.15, -0.1) is 0 Å². The minimum atomic E-state index is -1.16. The molecule has 2 aromatic rings. The van der Waals surface area contributed by atoms with E-state index in [0.717, 1.165) is 11.8 Å². The Hall–Kier alpha value is -3.36. The van der Waals surface area contributed by atoms with Gasteiger partial charge in [0.25, 0.3) is 5.91 Å². The molecule has 2 amide bonds. The van der Waals surface area contributed by atoms with E-state index in [1.165, 1.54) is 25.1 Å². The predicted molar refractivity (Wildman–Crippen MR) is 117 cm³/mol. The Labute approximate surface area is 181 Å². The first kappa shape index (κ1) is 22.3. The number of carbonyl (C=O) groups excluding carboxylic acids is 3. The molecule has 2 N–H and O–H groups in total. The van der Waals surface area contributed by atoms with Gasteiger partial charge >= 0.3 is 0 Å². The summed E-state index contributed by atoms with van der Waals surface area (Å²) in [5, 5.41) is 5.80. The molecule has 31 heavy (non-hydrogen) atoms. The molecule has 0 saturated heterocycles. The Bertz CT molecular complexity index is 1020. The van der Waals surface area contributed by atoms with E-state index in [0.29, 0.717) is 22.6 Å². The smallest absolute Gasteiger partial charge is 0.254 e. The first-order valence-electron chi connectivity index (χ1n) is 10.0. The monoisotopic (exact) mass is 425 g/mol. The third-order valence-electron chi connectivity index (χ3n) is 5.76. The van der Waals surface area contributed by atoms with Crippen LogP contribution in [-0.2, 0) is 22.7 Å². The van der Waals surface area contributed by atoms with Crippen LogP contribution in [0.2, 0.25) is 0 Å². The molecular weight excluding hydrogens is 400 g/mol. The van der Waals surface area contributed by atoms with Gasteiger partial charge < -0.3 is 25.1 Å². The van der Waals surface area contributed by atoms with Crippen LogP contribution in [0.3, 0.4) is 0 Å². The third-order valence-corrected chi connectivity index (χ3v) is 5.76. The van der Waals surface area contributed by atoms with Crippen LogP contribution in [0.5, 0.6) is 5.75 Å². The number of anilines is 1. The number of aldehydes is 1. The molecule has 1 aliphatic rings. The number of nitrogens with one attached hydrogen (secondary N) is 2. The molecule has 0 bridgehead atoms. The van der Waals surface area contributed by atoms with Crippen molar-refractivity contribution in [2.75, 3.05) is 19.5 Å². The van der Waals surface area contributed by atoms with Crippen molar-refractivity contribution in [1.82, 2.24) is 10.2 Å². The van der Waals surface area contributed by atoms with Crippen LogP contribution in [0.4, 0.5) is 10.1 Å². The van der Waals surface area contributed by atoms with Gasteiger partial charge in [0.15, 0.2) is 0 Å². The Morgan fingerprint density at radius 1 is 1.35 bits per heavy atom. The summed E-state index contributed by atoms with van der Waals surface area (Å²) in [7, 11) is 4.65. The number of benzene rings is 2. The fourth-order valence-corrected chi connectivity index (χ4v) is 3.87. The summed E-state index contributed by atoms with van der Waals surface area (Å²) in [5.74, 6) is -0.554. The third kappa shape index (κ3) is 4.26. The van der Waals surface area contributed by atoms with E-state index in [4.69, 9.17) is 4.74 Å². The van der Waals surface area contributed by atoms with E-state index in [9.17, 15) is 18.8 Å². The lowest BCUT2D eigenvalue weighted by atomic mass is 9.71. The number of methoxy groups -OCH3 is 1. The van der Waals surface area contributed by atoms with E-state index in [1.807, 2.05) is 6.07 Å². The fraction of sp³-hybridized carbons (Fsp3) is 0.318. The molecule has 9 heteroatoms. The lowest BCUT2D eigenvalue weighted by Gasteiger charge is -2.37. The number of hydrogen-bond donors (Lipinski definition) is 2. The summed E-state index contributed by atoms with van der Waals surface area (Å²) in [4.78, 5) is 38.2. The molecule has 0 aliphatic carbocycles. The summed E-state index contributed by atoms with van der Waals surface area (Å²) in [6.07, 6.45) is 1.12. The molecule has 1 unspecified atom stereocenters. The Kier molecular flexibility index (Phi) is 6.63. The van der Waals surface area contributed by atoms with Crippen molar-refractivity contribution in [3.8, 4) is 5.75 Å². The summed E-state index contributed by atoms with van der Waals surface area (Å²) < 4.78 is 19.3. The van der Waals surface area contributed by atoms with Crippen LogP contribution in [0.25, 0.3) is 0 Å². The van der Waals surface area contributed by atoms with E-state index in [1.54, 1.807) is 32.1 Å². The maximum Gasteiger partial charge on any atom is 0.254 e. The zero-order chi connectivity index (χ0) is 22.6. The van der Waals surface area contributed by atoms with Crippen molar-refractivity contribution in [1.29, 1.82) is 0 Å². The normalized spacial score (nSPS) is 14.5. The lowest BCUT2D eigenvalue weighted by molar-refractivity contribution is -0.127. The van der Waals surface area contributed by atoms with Gasteiger partial charge in [0.2, 0.25) is 5.91 Å². The first-order valence-corrected chi connectivity index (χ1v) is 10.0. The Morgan fingerprint density at radius 2 is 2.13 bits per heavy atom. The number of amides is 2. The lowest BCUT2D eigenvalue weighted by Crippen LogP contribution is -2.59. The van der Waals surface area contributed by atoms with Crippen molar-refractivity contribution >= 4 is 31.6 Å². The number of nitrogens with zero attached hydrogens (tertiary/aromatic N) is 1. The van der Waals surface area contributed by atoms with Gasteiger partial charge in [-0.3, -0.25) is 9.59 Å². The zero-order valence-electron chi connectivity index (χ0n) is 17.8. The predicted octanol–water partition coefficient (Wildman–Crippen LogP) is 1.46. The SMILES string of the molecule is BC(CCC=O)(C(=O)NC)N1Cc2c(NCc3ccc(OC)cc3F)cccc2C1=O. The van der Waals surface area contributed by atoms with E-state index in [-0.39, 0.29) is 37.7 Å². The van der Waals surface area contributed by atoms with Crippen molar-refractivity contribution < 1.29 is 23.5 Å². The summed E-state index contributed by atoms with van der Waals surface area (Å²) >= 11 is 0. The second kappa shape index (κ2) is 9.20. The highest BCUT2D eigenvalue weighted by Gasteiger charge is 2.45. The van der Waals surface area contributed by atoms with Crippen molar-refractivity contribution in [2.45, 2.75) is 31.4 Å². The van der Waals surface area contributed by atoms with Gasteiger partial charge in [-0.2, -0.15) is 0 Å². The number of rotatable bonds is 9. The Balaban J connectivity index is 1.85. The van der Waals surface area contributed by atoms with Gasteiger partial charge in [0.05, 0.1) is 12.5 Å². The summed E-state index contributed by atoms with van der Waals surface area (Å²) in [6, 6.07) is 9.92. The largest absolute Gasteiger partial charge is 0.497 e. The van der Waals surface area contributed by atoms with Gasteiger partial charge in [-0.1, -0.05) is 12.1 Å². The molecule has 1 atom stereocenters. The highest BCUT2D eigenvalue weighted by molar-refractivity contribution is 6.30. The summed E-state index contributed by atoms with van der Waals surface area (Å²) in [6.45, 7) is 0.434. The van der Waals surface area contributed by atoms with Crippen LogP contribution in [0.15, 0.2) is 36.4 Å². The molecule has 0 spiro atoms. The van der Waals surface area contributed by atoms with E-state index >= 15 is 0 Å². The molecule has 0 aromatic heterocycles. The van der Waals surface area contributed by atoms with Gasteiger partial charge in [-0.25, -0.2) is 4.39 Å². The fourth-order valence-electron chi connectivity index (χ4n) is 3.87. The number of ether oxygens (including phenoxy) is 1. The van der Waals surface area contributed by atoms with Crippen molar-refractivity contribution in [3.05, 3.63) is 58.9 Å². The number of halogens is 1. The number of likely N-dealkylation sites (N-methyl/N-ethyl adjacent to an activating group) is 1. The minimum Gasteiger partial charge on any atom is -0.497 e. The quantitative estimate of drug-likeness (QED) is 0.469. The van der Waals surface area contributed by atoms with Crippen LogP contribution in [0.1, 0.15) is 34.3 Å². The molecular formula is C22H25BFN3O4. The molecule has 2 aromatic carbocycles. The number of fused-ring (bicyclic) bond motifs is 1. The topological polar surface area (TPSA) is 87.7 Å². The average Bonchev–Trinajstić information content (AvgIpc) is 3.13. The molecule has 0 fully saturated rings. The van der Waals surface area contributed by atoms with Crippen LogP contribution in [-0.4, -0.2) is 50.4 Å². The van der Waals surface area contributed by atoms with Crippen molar-refractivity contribution in [3.63, 3.8) is 0 Å². The zero-order valence-corrected chi connectivity index (χ0v) is 17.8. The molecule has 3 rings (SSSR count). The number of carbonyl (C=O) groups is 3. The molecule has 162 valence electrons. The number of hydrogen-bond acceptors (Lipinski definition) is 5. The van der Waals surface area contributed by atoms with Crippen LogP contribution >= 0.6 is 0 Å². The van der Waals surface area contributed by atoms with Crippen molar-refractivity contribution in [2.24, 2.45) is 0 Å². The van der Waals surface area contributed by atoms with E-state index in [2.05, 4.69) is 10.6 Å². The van der Waals surface area contributed by atoms with Gasteiger partial charge in [0, 0.05) is 55.0 Å². The molecule has 1 heterocycles. The summed E-state index contributed by atoms with van der Waals surface area (Å²) in [5.41, 5.74) is 1.22. The second-order valence-corrected chi connectivity index (χ2v) is 7.59. The molecule has 1 aliphatic heterocycles. The highest BCUT2D eigenvalue weighted by atomic mass is 19.1. The van der Waals surface area contributed by atoms with Crippen LogP contribution in [0, 0.1) is 5.82 Å². The molecule has 7 nitrogen and oxygen atoms in total. The molecule has 0 radical (unpaired) electrons. The standard InChI is InChI=1S/C22H25BFN3O4/c1-25-21(30)22(23,9-4-10-28)27-13-17-16(20(27)29)5-3-6-19(17)26-12-14-7-8-15(31-2)11-18(14)24/h3,5-8,10-11,26H,4,9,12-13,23H2,1-2H3,(H,25,30). The van der Waals surface area contributed by atoms with Gasteiger partial charge in [0.1, 0.15) is 25.7 Å². The van der Waals surface area contributed by atoms with Gasteiger partial charge in [-0.05, 0) is 24.6 Å². The minimum absolute atomic E-state index is 0.159. The maximum absolute atomic E-state index is 14.3.